The van der Waals surface area contributed by atoms with E-state index >= 15 is 0 Å². The standard InChI is InChI=1S/2C28H22O7.3C14H12O4/c29-25-11-5-19(15-23(25)27(31)32)13-17-1-7-21(8-2-17)35-22-9-3-18(4-10-22)14-20-6-12-26(30)24(16-20)28(33)34;29-21-7-1-17(2-8-21)13-19-5-11-25(23(15-19)27(31)32)35-26-12-6-20(16-24(26)28(33)34)14-18-3-9-22(30)10-4-18;15-12-4-1-9(2-5-12)7-11-8-10(14(17)18)3-6-13(11)16;15-11-4-1-9(2-5-11)7-10-3-6-13(16)12(8-10)14(17)18;15-11-6-4-9(5-7-11)8-10-2-1-3-12(13(10)16)14(17)18/h2*1-12,15-16,29-30H,13-14H2,(H,31,32)(H,33,34);2*1-6,8,15-16H,7H2,(H,17,18);1-7,15-16H,8H2,(H,17,18). The maximum absolute atomic E-state index is 11.9. The van der Waals surface area contributed by atoms with Gasteiger partial charge < -0.3 is 96.3 Å². The summed E-state index contributed by atoms with van der Waals surface area (Å²) in [5.74, 6) is -6.83. The lowest BCUT2D eigenvalue weighted by atomic mass is 10.0. The third-order valence-electron chi connectivity index (χ3n) is 18.9. The molecule has 124 heavy (non-hydrogen) atoms. The van der Waals surface area contributed by atoms with Crippen molar-refractivity contribution in [2.24, 2.45) is 0 Å². The van der Waals surface area contributed by atoms with Crippen LogP contribution in [0.1, 0.15) is 150 Å². The van der Waals surface area contributed by atoms with E-state index in [-0.39, 0.29) is 108 Å². The molecule has 0 amide bonds. The summed E-state index contributed by atoms with van der Waals surface area (Å²) in [6, 6.07) is 79.7. The fourth-order valence-corrected chi connectivity index (χ4v) is 12.5. The van der Waals surface area contributed by atoms with Gasteiger partial charge in [0.1, 0.15) is 114 Å². The lowest BCUT2D eigenvalue weighted by Crippen LogP contribution is -2.05. The highest BCUT2D eigenvalue weighted by molar-refractivity contribution is 5.95. The molecule has 0 aliphatic rings. The molecular weight excluding hydrogens is 1590 g/mol. The van der Waals surface area contributed by atoms with Crippen LogP contribution in [0.3, 0.4) is 0 Å². The van der Waals surface area contributed by atoms with Gasteiger partial charge in [-0.3, -0.25) is 0 Å². The molecular formula is C98H80O26. The highest BCUT2D eigenvalue weighted by Crippen LogP contribution is 2.34. The maximum atomic E-state index is 11.9. The summed E-state index contributed by atoms with van der Waals surface area (Å²) >= 11 is 0. The van der Waals surface area contributed by atoms with Crippen molar-refractivity contribution in [1.29, 1.82) is 0 Å². The topological polar surface area (TPSA) is 482 Å². The van der Waals surface area contributed by atoms with Gasteiger partial charge in [0.25, 0.3) is 0 Å². The summed E-state index contributed by atoms with van der Waals surface area (Å²) in [6.45, 7) is 0. The van der Waals surface area contributed by atoms with E-state index in [2.05, 4.69) is 0 Å². The smallest absolute Gasteiger partial charge is 0.339 e. The molecule has 14 aromatic rings. The molecule has 0 aliphatic carbocycles. The number of carboxylic acids is 7. The fraction of sp³-hybridized carbons (Fsp3) is 0.0714. The van der Waals surface area contributed by atoms with Crippen molar-refractivity contribution in [3.8, 4) is 80.5 Å². The number of carbonyl (C=O) groups is 7. The number of carboxylic acid groups (broad SMARTS) is 7. The predicted molar refractivity (Wildman–Crippen MR) is 455 cm³/mol. The van der Waals surface area contributed by atoms with Crippen molar-refractivity contribution in [3.05, 3.63) is 414 Å². The van der Waals surface area contributed by atoms with Gasteiger partial charge in [-0.2, -0.15) is 0 Å². The largest absolute Gasteiger partial charge is 0.508 e. The zero-order valence-electron chi connectivity index (χ0n) is 65.5. The Morgan fingerprint density at radius 1 is 0.202 bits per heavy atom. The minimum atomic E-state index is -1.20. The van der Waals surface area contributed by atoms with E-state index in [0.29, 0.717) is 67.6 Å². The number of para-hydroxylation sites is 1. The Morgan fingerprint density at radius 3 is 0.742 bits per heavy atom. The van der Waals surface area contributed by atoms with Gasteiger partial charge in [0.2, 0.25) is 0 Å². The number of phenols is 10. The van der Waals surface area contributed by atoms with Crippen molar-refractivity contribution >= 4 is 41.8 Å². The first-order valence-corrected chi connectivity index (χ1v) is 37.7. The van der Waals surface area contributed by atoms with Crippen molar-refractivity contribution in [1.82, 2.24) is 0 Å². The molecule has 14 rings (SSSR count). The molecule has 0 aliphatic heterocycles. The first-order chi connectivity index (χ1) is 59.3. The van der Waals surface area contributed by atoms with Crippen LogP contribution < -0.4 is 9.47 Å². The first kappa shape index (κ1) is 89.3. The highest BCUT2D eigenvalue weighted by atomic mass is 16.5. The summed E-state index contributed by atoms with van der Waals surface area (Å²) in [7, 11) is 0. The second kappa shape index (κ2) is 41.9. The van der Waals surface area contributed by atoms with Gasteiger partial charge in [-0.05, 0) is 280 Å². The fourth-order valence-electron chi connectivity index (χ4n) is 12.5. The van der Waals surface area contributed by atoms with E-state index in [1.807, 2.05) is 48.5 Å². The van der Waals surface area contributed by atoms with E-state index in [4.69, 9.17) is 50.3 Å². The van der Waals surface area contributed by atoms with Crippen LogP contribution in [0.2, 0.25) is 0 Å². The van der Waals surface area contributed by atoms with Crippen molar-refractivity contribution in [2.45, 2.75) is 44.9 Å². The van der Waals surface area contributed by atoms with E-state index in [9.17, 15) is 79.5 Å². The van der Waals surface area contributed by atoms with Gasteiger partial charge in [-0.25, -0.2) is 33.6 Å². The summed E-state index contributed by atoms with van der Waals surface area (Å²) in [5, 5.41) is 159. The molecule has 0 bridgehead atoms. The van der Waals surface area contributed by atoms with Crippen molar-refractivity contribution in [3.63, 3.8) is 0 Å². The molecule has 26 heteroatoms. The molecule has 0 spiro atoms. The number of aromatic hydroxyl groups is 10. The van der Waals surface area contributed by atoms with Crippen LogP contribution in [0.25, 0.3) is 0 Å². The zero-order valence-corrected chi connectivity index (χ0v) is 65.5. The molecule has 0 heterocycles. The number of rotatable bonds is 25. The van der Waals surface area contributed by atoms with Crippen LogP contribution in [0.15, 0.2) is 297 Å². The molecule has 14 aromatic carbocycles. The van der Waals surface area contributed by atoms with Crippen molar-refractivity contribution < 1.29 is 130 Å². The number of ether oxygens (including phenoxy) is 2. The van der Waals surface area contributed by atoms with Crippen LogP contribution in [0.4, 0.5) is 0 Å². The van der Waals surface area contributed by atoms with Crippen LogP contribution in [0, 0.1) is 0 Å². The van der Waals surface area contributed by atoms with Crippen LogP contribution in [0.5, 0.6) is 80.5 Å². The maximum Gasteiger partial charge on any atom is 0.339 e. The summed E-state index contributed by atoms with van der Waals surface area (Å²) < 4.78 is 11.7. The minimum absolute atomic E-state index is 0.0285. The second-order valence-corrected chi connectivity index (χ2v) is 28.1. The average molecular weight is 1670 g/mol. The quantitative estimate of drug-likeness (QED) is 0.0253. The number of benzene rings is 14. The Morgan fingerprint density at radius 2 is 0.452 bits per heavy atom. The molecule has 0 unspecified atom stereocenters. The van der Waals surface area contributed by atoms with Gasteiger partial charge in [0, 0.05) is 12.8 Å². The number of hydrogen-bond donors (Lipinski definition) is 17. The molecule has 0 atom stereocenters. The Labute approximate surface area is 707 Å². The molecule has 0 saturated heterocycles. The second-order valence-electron chi connectivity index (χ2n) is 28.1. The predicted octanol–water partition coefficient (Wildman–Crippen LogP) is 18.1. The Hall–Kier alpha value is -17.0. The normalized spacial score (nSPS) is 10.5. The molecule has 0 aromatic heterocycles. The average Bonchev–Trinajstić information content (AvgIpc) is 0.822. The summed E-state index contributed by atoms with van der Waals surface area (Å²) in [6.07, 6.45) is 3.29. The van der Waals surface area contributed by atoms with Gasteiger partial charge in [0.15, 0.2) is 0 Å². The van der Waals surface area contributed by atoms with Crippen LogP contribution >= 0.6 is 0 Å². The van der Waals surface area contributed by atoms with E-state index in [1.54, 1.807) is 164 Å². The SMILES string of the molecule is O=C(O)c1cc(Cc2ccc(O)cc2)ccc1O.O=C(O)c1cc(Cc2ccc(O)cc2)ccc1Oc1ccc(Cc2ccc(O)cc2)cc1C(=O)O.O=C(O)c1cc(Cc2ccc(Oc3ccc(Cc4ccc(O)c(C(=O)O)c4)cc3)cc2)ccc1O.O=C(O)c1ccc(O)c(Cc2ccc(O)cc2)c1.O=C(O)c1cccc(Cc2ccc(O)cc2)c1O. The molecule has 0 saturated carbocycles. The number of hydrogen-bond acceptors (Lipinski definition) is 19. The zero-order chi connectivity index (χ0) is 89.3. The lowest BCUT2D eigenvalue weighted by molar-refractivity contribution is 0.0679. The number of aromatic carboxylic acids is 7. The lowest BCUT2D eigenvalue weighted by Gasteiger charge is -2.14. The molecule has 17 N–H and O–H groups in total. The third-order valence-corrected chi connectivity index (χ3v) is 18.9. The van der Waals surface area contributed by atoms with Gasteiger partial charge in [0.05, 0.1) is 5.56 Å². The third kappa shape index (κ3) is 26.0. The molecule has 628 valence electrons. The molecule has 0 fully saturated rings. The first-order valence-electron chi connectivity index (χ1n) is 37.7. The Kier molecular flexibility index (Phi) is 30.2. The molecule has 0 radical (unpaired) electrons. The van der Waals surface area contributed by atoms with E-state index in [1.165, 1.54) is 84.9 Å². The van der Waals surface area contributed by atoms with Crippen LogP contribution in [-0.4, -0.2) is 129 Å². The van der Waals surface area contributed by atoms with Crippen LogP contribution in [-0.2, 0) is 44.9 Å². The summed E-state index contributed by atoms with van der Waals surface area (Å²) in [5.41, 5.74) is 10.8. The highest BCUT2D eigenvalue weighted by Gasteiger charge is 2.21. The Balaban J connectivity index is 0.000000168. The van der Waals surface area contributed by atoms with Crippen molar-refractivity contribution in [2.75, 3.05) is 0 Å². The Bertz CT molecular complexity index is 5880. The van der Waals surface area contributed by atoms with Gasteiger partial charge in [-0.1, -0.05) is 127 Å². The van der Waals surface area contributed by atoms with E-state index in [0.717, 1.165) is 66.8 Å². The monoisotopic (exact) mass is 1670 g/mol. The minimum Gasteiger partial charge on any atom is -0.508 e. The number of phenolic OH excluding ortho intramolecular Hbond substituents is 6. The van der Waals surface area contributed by atoms with Gasteiger partial charge >= 0.3 is 41.8 Å². The van der Waals surface area contributed by atoms with Gasteiger partial charge in [-0.15, -0.1) is 0 Å². The molecule has 26 nitrogen and oxygen atoms in total. The van der Waals surface area contributed by atoms with E-state index < -0.39 is 41.8 Å². The summed E-state index contributed by atoms with van der Waals surface area (Å²) in [4.78, 5) is 78.8.